The van der Waals surface area contributed by atoms with Gasteiger partial charge < -0.3 is 9.47 Å². The van der Waals surface area contributed by atoms with Gasteiger partial charge in [0.15, 0.2) is 5.69 Å². The summed E-state index contributed by atoms with van der Waals surface area (Å²) in [5.41, 5.74) is -0.855. The minimum Gasteiger partial charge on any atom is -0.465 e. The molecule has 17 heavy (non-hydrogen) atoms. The fourth-order valence-corrected chi connectivity index (χ4v) is 1.40. The van der Waals surface area contributed by atoms with E-state index >= 15 is 0 Å². The molecule has 5 nitrogen and oxygen atoms in total. The Morgan fingerprint density at radius 3 is 2.24 bits per heavy atom. The lowest BCUT2D eigenvalue weighted by molar-refractivity contribution is 0.0548. The molecule has 0 aliphatic rings. The molecule has 0 aliphatic heterocycles. The molecule has 0 saturated heterocycles. The van der Waals surface area contributed by atoms with E-state index in [0.717, 1.165) is 14.2 Å². The van der Waals surface area contributed by atoms with Crippen molar-refractivity contribution in [1.82, 2.24) is 4.98 Å². The molecule has 1 aromatic rings. The second-order valence-corrected chi connectivity index (χ2v) is 3.43. The number of esters is 2. The van der Waals surface area contributed by atoms with E-state index < -0.39 is 23.6 Å². The molecule has 0 saturated carbocycles. The van der Waals surface area contributed by atoms with Gasteiger partial charge in [0.2, 0.25) is 5.95 Å². The summed E-state index contributed by atoms with van der Waals surface area (Å²) in [7, 11) is 2.19. The number of pyridine rings is 1. The molecule has 1 rings (SSSR count). The number of hydrogen-bond donors (Lipinski definition) is 0. The number of methoxy groups -OCH3 is 2. The second kappa shape index (κ2) is 5.09. The largest absolute Gasteiger partial charge is 0.465 e. The van der Waals surface area contributed by atoms with Crippen LogP contribution >= 0.6 is 11.6 Å². The van der Waals surface area contributed by atoms with E-state index in [2.05, 4.69) is 14.5 Å². The summed E-state index contributed by atoms with van der Waals surface area (Å²) < 4.78 is 22.2. The highest BCUT2D eigenvalue weighted by Gasteiger charge is 2.27. The molecule has 1 aromatic heterocycles. The van der Waals surface area contributed by atoms with Crippen LogP contribution in [0.5, 0.6) is 0 Å². The number of carbonyl (C=O) groups is 2. The van der Waals surface area contributed by atoms with Gasteiger partial charge in [0, 0.05) is 5.56 Å². The average Bonchev–Trinajstić information content (AvgIpc) is 2.33. The molecular weight excluding hydrogens is 253 g/mol. The van der Waals surface area contributed by atoms with Crippen molar-refractivity contribution < 1.29 is 23.5 Å². The first-order chi connectivity index (χ1) is 7.93. The number of nitrogens with zero attached hydrogens (tertiary/aromatic N) is 1. The van der Waals surface area contributed by atoms with Crippen molar-refractivity contribution in [2.24, 2.45) is 0 Å². The molecule has 0 N–H and O–H groups in total. The minimum atomic E-state index is -0.966. The van der Waals surface area contributed by atoms with Crippen LogP contribution in [0.4, 0.5) is 4.39 Å². The maximum absolute atomic E-state index is 13.3. The van der Waals surface area contributed by atoms with Crippen LogP contribution < -0.4 is 0 Å². The van der Waals surface area contributed by atoms with E-state index in [1.807, 2.05) is 0 Å². The van der Waals surface area contributed by atoms with E-state index in [1.165, 1.54) is 6.92 Å². The van der Waals surface area contributed by atoms with Gasteiger partial charge in [-0.1, -0.05) is 11.6 Å². The Morgan fingerprint density at radius 2 is 1.76 bits per heavy atom. The monoisotopic (exact) mass is 261 g/mol. The standard InChI is InChI=1S/C10H9ClFNO4/c1-4-6(11)5(9(14)16-2)7(10(15)17-3)13-8(4)12/h1-3H3. The average molecular weight is 262 g/mol. The van der Waals surface area contributed by atoms with E-state index in [9.17, 15) is 14.0 Å². The summed E-state index contributed by atoms with van der Waals surface area (Å²) in [5, 5.41) is -0.218. The fraction of sp³-hybridized carbons (Fsp3) is 0.300. The molecule has 0 spiro atoms. The Morgan fingerprint density at radius 1 is 1.24 bits per heavy atom. The number of carbonyl (C=O) groups excluding carboxylic acids is 2. The van der Waals surface area contributed by atoms with Gasteiger partial charge in [-0.3, -0.25) is 0 Å². The Hall–Kier alpha value is -1.69. The summed E-state index contributed by atoms with van der Waals surface area (Å²) >= 11 is 5.79. The third-order valence-corrected chi connectivity index (χ3v) is 2.55. The van der Waals surface area contributed by atoms with Crippen LogP contribution in [-0.2, 0) is 9.47 Å². The predicted molar refractivity (Wildman–Crippen MR) is 56.6 cm³/mol. The van der Waals surface area contributed by atoms with Gasteiger partial charge in [-0.05, 0) is 6.92 Å². The highest BCUT2D eigenvalue weighted by atomic mass is 35.5. The van der Waals surface area contributed by atoms with Crippen LogP contribution in [0, 0.1) is 12.9 Å². The van der Waals surface area contributed by atoms with Gasteiger partial charge in [-0.15, -0.1) is 0 Å². The number of halogens is 2. The molecule has 7 heteroatoms. The molecule has 0 amide bonds. The van der Waals surface area contributed by atoms with E-state index in [1.54, 1.807) is 0 Å². The third-order valence-electron chi connectivity index (χ3n) is 2.07. The van der Waals surface area contributed by atoms with Crippen molar-refractivity contribution in [1.29, 1.82) is 0 Å². The Labute approximate surface area is 101 Å². The molecule has 92 valence electrons. The molecule has 1 heterocycles. The van der Waals surface area contributed by atoms with E-state index in [4.69, 9.17) is 11.6 Å². The lowest BCUT2D eigenvalue weighted by Crippen LogP contribution is -2.16. The fourth-order valence-electron chi connectivity index (χ4n) is 1.15. The highest BCUT2D eigenvalue weighted by Crippen LogP contribution is 2.25. The number of aromatic nitrogens is 1. The van der Waals surface area contributed by atoms with Crippen molar-refractivity contribution in [3.63, 3.8) is 0 Å². The normalized spacial score (nSPS) is 9.94. The smallest absolute Gasteiger partial charge is 0.357 e. The van der Waals surface area contributed by atoms with Gasteiger partial charge in [0.05, 0.1) is 19.2 Å². The molecular formula is C10H9ClFNO4. The summed E-state index contributed by atoms with van der Waals surface area (Å²) in [6, 6.07) is 0. The van der Waals surface area contributed by atoms with Gasteiger partial charge in [-0.25, -0.2) is 14.6 Å². The van der Waals surface area contributed by atoms with Crippen LogP contribution in [0.1, 0.15) is 26.4 Å². The predicted octanol–water partition coefficient (Wildman–Crippen LogP) is 1.76. The number of rotatable bonds is 2. The maximum atomic E-state index is 13.3. The van der Waals surface area contributed by atoms with Gasteiger partial charge in [0.1, 0.15) is 5.56 Å². The van der Waals surface area contributed by atoms with Crippen molar-refractivity contribution in [2.45, 2.75) is 6.92 Å². The van der Waals surface area contributed by atoms with Gasteiger partial charge >= 0.3 is 11.9 Å². The zero-order valence-electron chi connectivity index (χ0n) is 9.34. The minimum absolute atomic E-state index is 0.0419. The second-order valence-electron chi connectivity index (χ2n) is 3.05. The number of hydrogen-bond acceptors (Lipinski definition) is 5. The Kier molecular flexibility index (Phi) is 4.01. The first kappa shape index (κ1) is 13.4. The molecule has 0 fully saturated rings. The lowest BCUT2D eigenvalue weighted by Gasteiger charge is -2.09. The maximum Gasteiger partial charge on any atom is 0.357 e. The zero-order valence-corrected chi connectivity index (χ0v) is 10.1. The van der Waals surface area contributed by atoms with Crippen LogP contribution in [0.2, 0.25) is 5.02 Å². The summed E-state index contributed by atoms with van der Waals surface area (Å²) in [4.78, 5) is 26.2. The van der Waals surface area contributed by atoms with Gasteiger partial charge in [0.25, 0.3) is 0 Å². The number of ether oxygens (including phenoxy) is 2. The molecule has 0 aromatic carbocycles. The summed E-state index contributed by atoms with van der Waals surface area (Å²) in [5.74, 6) is -2.79. The van der Waals surface area contributed by atoms with Crippen LogP contribution in [0.3, 0.4) is 0 Å². The molecule has 0 bridgehead atoms. The molecule has 0 atom stereocenters. The molecule has 0 aliphatic carbocycles. The van der Waals surface area contributed by atoms with Gasteiger partial charge in [-0.2, -0.15) is 4.39 Å². The lowest BCUT2D eigenvalue weighted by atomic mass is 10.1. The quantitative estimate of drug-likeness (QED) is 0.599. The van der Waals surface area contributed by atoms with E-state index in [0.29, 0.717) is 0 Å². The van der Waals surface area contributed by atoms with Crippen molar-refractivity contribution in [3.05, 3.63) is 27.8 Å². The first-order valence-corrected chi connectivity index (χ1v) is 4.84. The molecule has 0 unspecified atom stereocenters. The van der Waals surface area contributed by atoms with Crippen LogP contribution in [-0.4, -0.2) is 31.1 Å². The summed E-state index contributed by atoms with van der Waals surface area (Å²) in [6.07, 6.45) is 0. The van der Waals surface area contributed by atoms with E-state index in [-0.39, 0.29) is 16.1 Å². The first-order valence-electron chi connectivity index (χ1n) is 4.46. The Balaban J connectivity index is 3.57. The third kappa shape index (κ3) is 2.36. The van der Waals surface area contributed by atoms with Crippen molar-refractivity contribution >= 4 is 23.5 Å². The topological polar surface area (TPSA) is 65.5 Å². The van der Waals surface area contributed by atoms with Crippen molar-refractivity contribution in [3.8, 4) is 0 Å². The molecule has 0 radical (unpaired) electrons. The van der Waals surface area contributed by atoms with Crippen LogP contribution in [0.25, 0.3) is 0 Å². The van der Waals surface area contributed by atoms with Crippen molar-refractivity contribution in [2.75, 3.05) is 14.2 Å². The Bertz CT molecular complexity index is 490. The van der Waals surface area contributed by atoms with Crippen LogP contribution in [0.15, 0.2) is 0 Å². The SMILES string of the molecule is COC(=O)c1nc(F)c(C)c(Cl)c1C(=O)OC. The zero-order chi connectivity index (χ0) is 13.2. The highest BCUT2D eigenvalue weighted by molar-refractivity contribution is 6.35. The summed E-state index contributed by atoms with van der Waals surface area (Å²) in [6.45, 7) is 1.33.